The highest BCUT2D eigenvalue weighted by molar-refractivity contribution is 5.29. The molecule has 2 atom stereocenters. The van der Waals surface area contributed by atoms with Gasteiger partial charge in [0.1, 0.15) is 12.2 Å². The van der Waals surface area contributed by atoms with E-state index in [4.69, 9.17) is 0 Å². The van der Waals surface area contributed by atoms with Crippen LogP contribution in [-0.4, -0.2) is 10.2 Å². The van der Waals surface area contributed by atoms with Crippen LogP contribution in [0.4, 0.5) is 0 Å². The molecule has 0 aliphatic heterocycles. The Bertz CT molecular complexity index is 488. The van der Waals surface area contributed by atoms with Crippen LogP contribution in [0.2, 0.25) is 0 Å². The molecule has 18 heavy (non-hydrogen) atoms. The summed E-state index contributed by atoms with van der Waals surface area (Å²) in [4.78, 5) is 0. The van der Waals surface area contributed by atoms with Crippen LogP contribution < -0.4 is 0 Å². The molecule has 0 aromatic heterocycles. The van der Waals surface area contributed by atoms with Crippen LogP contribution in [0.15, 0.2) is 60.7 Å². The first-order valence-corrected chi connectivity index (χ1v) is 5.74. The minimum absolute atomic E-state index is 0.727. The second kappa shape index (κ2) is 6.02. The largest absolute Gasteiger partial charge is 0.376 e. The molecule has 0 spiro atoms. The predicted molar refractivity (Wildman–Crippen MR) is 70.6 cm³/mol. The van der Waals surface area contributed by atoms with E-state index >= 15 is 0 Å². The molecule has 0 amide bonds. The Morgan fingerprint density at radius 1 is 0.611 bits per heavy atom. The number of hydrogen-bond donors (Lipinski definition) is 2. The summed E-state index contributed by atoms with van der Waals surface area (Å²) in [5, 5.41) is 19.7. The molecule has 2 nitrogen and oxygen atoms in total. The third-order valence-corrected chi connectivity index (χ3v) is 2.59. The fourth-order valence-corrected chi connectivity index (χ4v) is 1.60. The fraction of sp³-hybridized carbons (Fsp3) is 0.125. The summed E-state index contributed by atoms with van der Waals surface area (Å²) in [5.74, 6) is 5.31. The Balaban J connectivity index is 2.09. The molecule has 0 saturated heterocycles. The first kappa shape index (κ1) is 12.4. The van der Waals surface area contributed by atoms with E-state index in [2.05, 4.69) is 11.8 Å². The zero-order chi connectivity index (χ0) is 12.8. The molecule has 2 aromatic rings. The first-order chi connectivity index (χ1) is 8.77. The number of rotatable bonds is 2. The molecule has 2 N–H and O–H groups in total. The van der Waals surface area contributed by atoms with Gasteiger partial charge in [0, 0.05) is 0 Å². The molecular formula is C16H14O2. The van der Waals surface area contributed by atoms with Crippen LogP contribution in [0.1, 0.15) is 23.3 Å². The van der Waals surface area contributed by atoms with Gasteiger partial charge in [-0.05, 0) is 11.1 Å². The summed E-state index contributed by atoms with van der Waals surface area (Å²) in [7, 11) is 0. The lowest BCUT2D eigenvalue weighted by atomic mass is 10.1. The highest BCUT2D eigenvalue weighted by Crippen LogP contribution is 2.13. The summed E-state index contributed by atoms with van der Waals surface area (Å²) in [6, 6.07) is 18.3. The third-order valence-electron chi connectivity index (χ3n) is 2.59. The third kappa shape index (κ3) is 3.21. The lowest BCUT2D eigenvalue weighted by Gasteiger charge is -2.05. The number of aliphatic hydroxyl groups excluding tert-OH is 2. The molecule has 0 fully saturated rings. The summed E-state index contributed by atoms with van der Waals surface area (Å²) < 4.78 is 0. The molecule has 2 heteroatoms. The second-order valence-electron chi connectivity index (χ2n) is 3.92. The van der Waals surface area contributed by atoms with E-state index in [0.717, 1.165) is 11.1 Å². The molecule has 0 bridgehead atoms. The van der Waals surface area contributed by atoms with Crippen molar-refractivity contribution < 1.29 is 10.2 Å². The number of benzene rings is 2. The normalized spacial score (nSPS) is 13.2. The molecule has 0 saturated carbocycles. The summed E-state index contributed by atoms with van der Waals surface area (Å²) in [5.41, 5.74) is 1.45. The number of aliphatic hydroxyl groups is 2. The SMILES string of the molecule is OC(C#CC(O)c1ccccc1)c1ccccc1. The zero-order valence-corrected chi connectivity index (χ0v) is 9.82. The molecule has 0 aliphatic rings. The van der Waals surface area contributed by atoms with Gasteiger partial charge in [-0.2, -0.15) is 0 Å². The molecule has 0 heterocycles. The van der Waals surface area contributed by atoms with Gasteiger partial charge < -0.3 is 10.2 Å². The summed E-state index contributed by atoms with van der Waals surface area (Å²) in [6.45, 7) is 0. The lowest BCUT2D eigenvalue weighted by molar-refractivity contribution is 0.227. The van der Waals surface area contributed by atoms with Gasteiger partial charge in [0.2, 0.25) is 0 Å². The average molecular weight is 238 g/mol. The van der Waals surface area contributed by atoms with E-state index in [1.807, 2.05) is 36.4 Å². The number of hydrogen-bond acceptors (Lipinski definition) is 2. The van der Waals surface area contributed by atoms with Crippen LogP contribution in [0.5, 0.6) is 0 Å². The van der Waals surface area contributed by atoms with E-state index in [-0.39, 0.29) is 0 Å². The Labute approximate surface area is 107 Å². The van der Waals surface area contributed by atoms with Gasteiger partial charge in [-0.3, -0.25) is 0 Å². The molecule has 90 valence electrons. The summed E-state index contributed by atoms with van der Waals surface area (Å²) in [6.07, 6.45) is -1.74. The molecule has 2 unspecified atom stereocenters. The van der Waals surface area contributed by atoms with Crippen molar-refractivity contribution in [2.45, 2.75) is 12.2 Å². The van der Waals surface area contributed by atoms with E-state index in [1.165, 1.54) is 0 Å². The molecule has 2 aromatic carbocycles. The molecule has 0 aliphatic carbocycles. The zero-order valence-electron chi connectivity index (χ0n) is 9.82. The highest BCUT2D eigenvalue weighted by Gasteiger charge is 2.04. The van der Waals surface area contributed by atoms with Crippen LogP contribution in [0.3, 0.4) is 0 Å². The van der Waals surface area contributed by atoms with Crippen molar-refractivity contribution in [2.24, 2.45) is 0 Å². The topological polar surface area (TPSA) is 40.5 Å². The van der Waals surface area contributed by atoms with Crippen molar-refractivity contribution in [1.82, 2.24) is 0 Å². The Kier molecular flexibility index (Phi) is 4.14. The van der Waals surface area contributed by atoms with Crippen LogP contribution >= 0.6 is 0 Å². The first-order valence-electron chi connectivity index (χ1n) is 5.74. The Hall–Kier alpha value is -2.08. The molecule has 0 radical (unpaired) electrons. The van der Waals surface area contributed by atoms with Crippen molar-refractivity contribution in [3.8, 4) is 11.8 Å². The average Bonchev–Trinajstić information content (AvgIpc) is 2.46. The van der Waals surface area contributed by atoms with Gasteiger partial charge in [-0.1, -0.05) is 72.5 Å². The molecular weight excluding hydrogens is 224 g/mol. The van der Waals surface area contributed by atoms with E-state index in [1.54, 1.807) is 24.3 Å². The van der Waals surface area contributed by atoms with Crippen molar-refractivity contribution in [3.63, 3.8) is 0 Å². The Morgan fingerprint density at radius 3 is 1.28 bits per heavy atom. The van der Waals surface area contributed by atoms with Crippen LogP contribution in [0.25, 0.3) is 0 Å². The maximum atomic E-state index is 9.83. The second-order valence-corrected chi connectivity index (χ2v) is 3.92. The van der Waals surface area contributed by atoms with E-state index in [9.17, 15) is 10.2 Å². The van der Waals surface area contributed by atoms with Gasteiger partial charge >= 0.3 is 0 Å². The van der Waals surface area contributed by atoms with Crippen molar-refractivity contribution in [2.75, 3.05) is 0 Å². The minimum Gasteiger partial charge on any atom is -0.376 e. The maximum absolute atomic E-state index is 9.83. The molecule has 2 rings (SSSR count). The van der Waals surface area contributed by atoms with Crippen molar-refractivity contribution >= 4 is 0 Å². The van der Waals surface area contributed by atoms with Gasteiger partial charge in [-0.25, -0.2) is 0 Å². The standard InChI is InChI=1S/C16H14O2/c17-15(13-7-3-1-4-8-13)11-12-16(18)14-9-5-2-6-10-14/h1-10,15-18H. The van der Waals surface area contributed by atoms with Gasteiger partial charge in [-0.15, -0.1) is 0 Å². The van der Waals surface area contributed by atoms with Gasteiger partial charge in [0.05, 0.1) is 0 Å². The van der Waals surface area contributed by atoms with Crippen molar-refractivity contribution in [1.29, 1.82) is 0 Å². The van der Waals surface area contributed by atoms with E-state index in [0.29, 0.717) is 0 Å². The highest BCUT2D eigenvalue weighted by atomic mass is 16.3. The van der Waals surface area contributed by atoms with E-state index < -0.39 is 12.2 Å². The van der Waals surface area contributed by atoms with Crippen molar-refractivity contribution in [3.05, 3.63) is 71.8 Å². The maximum Gasteiger partial charge on any atom is 0.140 e. The monoisotopic (exact) mass is 238 g/mol. The minimum atomic E-state index is -0.871. The van der Waals surface area contributed by atoms with Gasteiger partial charge in [0.15, 0.2) is 0 Å². The van der Waals surface area contributed by atoms with Gasteiger partial charge in [0.25, 0.3) is 0 Å². The van der Waals surface area contributed by atoms with Crippen LogP contribution in [0, 0.1) is 11.8 Å². The lowest BCUT2D eigenvalue weighted by Crippen LogP contribution is -1.96. The Morgan fingerprint density at radius 2 is 0.944 bits per heavy atom. The predicted octanol–water partition coefficient (Wildman–Crippen LogP) is 2.46. The fourth-order valence-electron chi connectivity index (χ4n) is 1.60. The summed E-state index contributed by atoms with van der Waals surface area (Å²) >= 11 is 0. The smallest absolute Gasteiger partial charge is 0.140 e. The van der Waals surface area contributed by atoms with Crippen LogP contribution in [-0.2, 0) is 0 Å². The quantitative estimate of drug-likeness (QED) is 0.789.